The Balaban J connectivity index is 2.27. The van der Waals surface area contributed by atoms with Crippen LogP contribution in [-0.4, -0.2) is 10.9 Å². The van der Waals surface area contributed by atoms with Gasteiger partial charge in [0.1, 0.15) is 5.82 Å². The van der Waals surface area contributed by atoms with Crippen molar-refractivity contribution in [3.05, 3.63) is 63.3 Å². The second-order valence-electron chi connectivity index (χ2n) is 3.49. The van der Waals surface area contributed by atoms with Crippen LogP contribution in [0.5, 0.6) is 0 Å². The van der Waals surface area contributed by atoms with E-state index in [2.05, 4.69) is 10.3 Å². The van der Waals surface area contributed by atoms with Crippen LogP contribution in [0.3, 0.4) is 0 Å². The summed E-state index contributed by atoms with van der Waals surface area (Å²) in [5, 5.41) is 2.46. The number of amides is 1. The summed E-state index contributed by atoms with van der Waals surface area (Å²) in [6, 6.07) is 6.64. The molecule has 1 heterocycles. The van der Waals surface area contributed by atoms with Crippen molar-refractivity contribution in [1.82, 2.24) is 4.98 Å². The monoisotopic (exact) mass is 266 g/mol. The summed E-state index contributed by atoms with van der Waals surface area (Å²) in [4.78, 5) is 25.0. The number of carbonyl (C=O) groups is 1. The molecule has 1 aromatic heterocycles. The smallest absolute Gasteiger partial charge is 0.260 e. The lowest BCUT2D eigenvalue weighted by Gasteiger charge is -2.07. The number of H-pyrrole nitrogens is 1. The molecule has 0 radical (unpaired) electrons. The molecular formula is C12H8ClFN2O2. The maximum atomic E-state index is 13.5. The van der Waals surface area contributed by atoms with Gasteiger partial charge in [-0.05, 0) is 18.2 Å². The number of benzene rings is 1. The van der Waals surface area contributed by atoms with E-state index in [1.165, 1.54) is 30.5 Å². The first-order valence-corrected chi connectivity index (χ1v) is 5.40. The van der Waals surface area contributed by atoms with Gasteiger partial charge in [-0.1, -0.05) is 17.7 Å². The molecular weight excluding hydrogens is 259 g/mol. The van der Waals surface area contributed by atoms with Crippen molar-refractivity contribution >= 4 is 23.2 Å². The molecule has 6 heteroatoms. The van der Waals surface area contributed by atoms with Crippen LogP contribution >= 0.6 is 11.6 Å². The highest BCUT2D eigenvalue weighted by molar-refractivity contribution is 6.34. The number of halogens is 2. The molecule has 0 fully saturated rings. The molecule has 1 aromatic carbocycles. The predicted molar refractivity (Wildman–Crippen MR) is 66.4 cm³/mol. The second kappa shape index (κ2) is 5.01. The van der Waals surface area contributed by atoms with E-state index in [0.717, 1.165) is 6.07 Å². The number of anilines is 1. The molecule has 0 aliphatic heterocycles. The van der Waals surface area contributed by atoms with Gasteiger partial charge in [-0.15, -0.1) is 0 Å². The Kier molecular flexibility index (Phi) is 3.43. The molecule has 1 amide bonds. The van der Waals surface area contributed by atoms with Gasteiger partial charge >= 0.3 is 0 Å². The first-order valence-electron chi connectivity index (χ1n) is 5.02. The summed E-state index contributed by atoms with van der Waals surface area (Å²) in [5.74, 6) is -1.38. The SMILES string of the molecule is O=C(Nc1ccc(=O)[nH]c1)c1c(F)cccc1Cl. The molecule has 18 heavy (non-hydrogen) atoms. The number of hydrogen-bond donors (Lipinski definition) is 2. The van der Waals surface area contributed by atoms with Crippen molar-refractivity contribution in [2.24, 2.45) is 0 Å². The molecule has 4 nitrogen and oxygen atoms in total. The highest BCUT2D eigenvalue weighted by Crippen LogP contribution is 2.20. The zero-order valence-corrected chi connectivity index (χ0v) is 9.79. The minimum absolute atomic E-state index is 0.0249. The minimum Gasteiger partial charge on any atom is -0.327 e. The summed E-state index contributed by atoms with van der Waals surface area (Å²) in [6.07, 6.45) is 1.31. The van der Waals surface area contributed by atoms with Gasteiger partial charge in [0.2, 0.25) is 5.56 Å². The average Bonchev–Trinajstić information content (AvgIpc) is 2.32. The topological polar surface area (TPSA) is 62.0 Å². The van der Waals surface area contributed by atoms with Gasteiger partial charge in [-0.2, -0.15) is 0 Å². The number of rotatable bonds is 2. The van der Waals surface area contributed by atoms with E-state index < -0.39 is 11.7 Å². The van der Waals surface area contributed by atoms with Gasteiger partial charge in [0, 0.05) is 12.3 Å². The fourth-order valence-corrected chi connectivity index (χ4v) is 1.65. The summed E-state index contributed by atoms with van der Waals surface area (Å²) in [6.45, 7) is 0. The van der Waals surface area contributed by atoms with Gasteiger partial charge < -0.3 is 10.3 Å². The van der Waals surface area contributed by atoms with Crippen LogP contribution in [0, 0.1) is 5.82 Å². The number of hydrogen-bond acceptors (Lipinski definition) is 2. The van der Waals surface area contributed by atoms with E-state index >= 15 is 0 Å². The molecule has 0 saturated carbocycles. The molecule has 0 aliphatic rings. The summed E-state index contributed by atoms with van der Waals surface area (Å²) < 4.78 is 13.5. The van der Waals surface area contributed by atoms with Crippen LogP contribution in [0.1, 0.15) is 10.4 Å². The molecule has 2 N–H and O–H groups in total. The first-order chi connectivity index (χ1) is 8.58. The van der Waals surface area contributed by atoms with Crippen LogP contribution in [0.4, 0.5) is 10.1 Å². The van der Waals surface area contributed by atoms with Gasteiger partial charge in [-0.25, -0.2) is 4.39 Å². The number of aromatic amines is 1. The van der Waals surface area contributed by atoms with E-state index in [-0.39, 0.29) is 16.1 Å². The molecule has 0 spiro atoms. The molecule has 0 aliphatic carbocycles. The third-order valence-electron chi connectivity index (χ3n) is 2.23. The highest BCUT2D eigenvalue weighted by atomic mass is 35.5. The lowest BCUT2D eigenvalue weighted by molar-refractivity contribution is 0.102. The van der Waals surface area contributed by atoms with E-state index in [1.807, 2.05) is 0 Å². The Hall–Kier alpha value is -2.14. The Morgan fingerprint density at radius 2 is 2.06 bits per heavy atom. The maximum Gasteiger partial charge on any atom is 0.260 e. The predicted octanol–water partition coefficient (Wildman–Crippen LogP) is 2.42. The molecule has 0 unspecified atom stereocenters. The number of pyridine rings is 1. The Bertz CT molecular complexity index is 614. The van der Waals surface area contributed by atoms with Crippen LogP contribution in [-0.2, 0) is 0 Å². The van der Waals surface area contributed by atoms with Crippen molar-refractivity contribution in [1.29, 1.82) is 0 Å². The molecule has 92 valence electrons. The van der Waals surface area contributed by atoms with Crippen LogP contribution in [0.15, 0.2) is 41.3 Å². The van der Waals surface area contributed by atoms with Gasteiger partial charge in [-0.3, -0.25) is 9.59 Å². The summed E-state index contributed by atoms with van der Waals surface area (Å²) >= 11 is 5.76. The van der Waals surface area contributed by atoms with E-state index in [1.54, 1.807) is 0 Å². The lowest BCUT2D eigenvalue weighted by atomic mass is 10.2. The molecule has 2 rings (SSSR count). The Morgan fingerprint density at radius 1 is 1.28 bits per heavy atom. The van der Waals surface area contributed by atoms with Gasteiger partial charge in [0.25, 0.3) is 5.91 Å². The van der Waals surface area contributed by atoms with Crippen molar-refractivity contribution in [3.8, 4) is 0 Å². The third kappa shape index (κ3) is 2.57. The Morgan fingerprint density at radius 3 is 2.67 bits per heavy atom. The standard InChI is InChI=1S/C12H8ClFN2O2/c13-8-2-1-3-9(14)11(8)12(18)16-7-4-5-10(17)15-6-7/h1-6H,(H,15,17)(H,16,18). The molecule has 0 bridgehead atoms. The van der Waals surface area contributed by atoms with Gasteiger partial charge in [0.05, 0.1) is 16.3 Å². The lowest BCUT2D eigenvalue weighted by Crippen LogP contribution is -2.15. The molecule has 0 atom stereocenters. The molecule has 2 aromatic rings. The third-order valence-corrected chi connectivity index (χ3v) is 2.55. The number of nitrogens with one attached hydrogen (secondary N) is 2. The van der Waals surface area contributed by atoms with Crippen LogP contribution in [0.25, 0.3) is 0 Å². The number of aromatic nitrogens is 1. The average molecular weight is 267 g/mol. The van der Waals surface area contributed by atoms with Crippen molar-refractivity contribution in [3.63, 3.8) is 0 Å². The minimum atomic E-state index is -0.704. The van der Waals surface area contributed by atoms with E-state index in [4.69, 9.17) is 11.6 Å². The molecule has 0 saturated heterocycles. The van der Waals surface area contributed by atoms with Crippen molar-refractivity contribution in [2.45, 2.75) is 0 Å². The summed E-state index contributed by atoms with van der Waals surface area (Å²) in [5.41, 5.74) is -0.179. The normalized spacial score (nSPS) is 10.1. The summed E-state index contributed by atoms with van der Waals surface area (Å²) in [7, 11) is 0. The van der Waals surface area contributed by atoms with Crippen LogP contribution < -0.4 is 10.9 Å². The van der Waals surface area contributed by atoms with E-state index in [9.17, 15) is 14.0 Å². The van der Waals surface area contributed by atoms with Crippen molar-refractivity contribution < 1.29 is 9.18 Å². The van der Waals surface area contributed by atoms with Crippen molar-refractivity contribution in [2.75, 3.05) is 5.32 Å². The first kappa shape index (κ1) is 12.3. The van der Waals surface area contributed by atoms with Crippen LogP contribution in [0.2, 0.25) is 5.02 Å². The van der Waals surface area contributed by atoms with E-state index in [0.29, 0.717) is 5.69 Å². The quantitative estimate of drug-likeness (QED) is 0.877. The fourth-order valence-electron chi connectivity index (χ4n) is 1.40. The second-order valence-corrected chi connectivity index (χ2v) is 3.90. The maximum absolute atomic E-state index is 13.5. The van der Waals surface area contributed by atoms with Gasteiger partial charge in [0.15, 0.2) is 0 Å². The number of carbonyl (C=O) groups excluding carboxylic acids is 1. The zero-order chi connectivity index (χ0) is 13.1. The fraction of sp³-hybridized carbons (Fsp3) is 0. The largest absolute Gasteiger partial charge is 0.327 e. The zero-order valence-electron chi connectivity index (χ0n) is 9.04. The Labute approximate surface area is 106 Å². The highest BCUT2D eigenvalue weighted by Gasteiger charge is 2.15.